The molecule has 112 valence electrons. The molecule has 2 nitrogen and oxygen atoms in total. The summed E-state index contributed by atoms with van der Waals surface area (Å²) in [4.78, 5) is 0. The summed E-state index contributed by atoms with van der Waals surface area (Å²) in [5, 5.41) is 3.32. The lowest BCUT2D eigenvalue weighted by atomic mass is 9.87. The number of hydrogen-bond acceptors (Lipinski definition) is 2. The highest BCUT2D eigenvalue weighted by atomic mass is 19.1. The first-order chi connectivity index (χ1) is 9.48. The molecule has 2 atom stereocenters. The third-order valence-corrected chi connectivity index (χ3v) is 4.05. The largest absolute Gasteiger partial charge is 0.373 e. The van der Waals surface area contributed by atoms with Gasteiger partial charge in [-0.15, -0.1) is 0 Å². The maximum absolute atomic E-state index is 14.3. The number of aryl methyl sites for hydroxylation is 1. The summed E-state index contributed by atoms with van der Waals surface area (Å²) in [5.41, 5.74) is 0.224. The van der Waals surface area contributed by atoms with Crippen LogP contribution in [0.25, 0.3) is 0 Å². The van der Waals surface area contributed by atoms with E-state index in [-0.39, 0.29) is 17.7 Å². The lowest BCUT2D eigenvalue weighted by molar-refractivity contribution is -0.0134. The molecule has 0 radical (unpaired) electrons. The molecule has 4 heteroatoms. The molecule has 1 saturated heterocycles. The van der Waals surface area contributed by atoms with Gasteiger partial charge in [-0.2, -0.15) is 0 Å². The molecule has 0 aromatic heterocycles. The minimum Gasteiger partial charge on any atom is -0.373 e. The van der Waals surface area contributed by atoms with Crippen LogP contribution in [0.15, 0.2) is 12.1 Å². The standard InChI is InChI=1S/C16H23F2NO/c1-4-7-19-15(16(3)6-5-8-20-16)12-10-13(17)11(2)9-14(12)18/h9-10,15,19H,4-8H2,1-3H3. The number of ether oxygens (including phenoxy) is 1. The van der Waals surface area contributed by atoms with Crippen molar-refractivity contribution in [1.82, 2.24) is 5.32 Å². The summed E-state index contributed by atoms with van der Waals surface area (Å²) in [6.07, 6.45) is 2.74. The zero-order valence-electron chi connectivity index (χ0n) is 12.4. The first-order valence-corrected chi connectivity index (χ1v) is 7.31. The van der Waals surface area contributed by atoms with Gasteiger partial charge in [-0.05, 0) is 57.4 Å². The Bertz CT molecular complexity index is 470. The smallest absolute Gasteiger partial charge is 0.128 e. The predicted molar refractivity (Wildman–Crippen MR) is 75.7 cm³/mol. The van der Waals surface area contributed by atoms with Gasteiger partial charge in [-0.3, -0.25) is 0 Å². The molecule has 0 aliphatic carbocycles. The summed E-state index contributed by atoms with van der Waals surface area (Å²) in [6, 6.07) is 2.26. The van der Waals surface area contributed by atoms with E-state index in [4.69, 9.17) is 4.74 Å². The molecule has 0 bridgehead atoms. The van der Waals surface area contributed by atoms with Crippen LogP contribution in [0.3, 0.4) is 0 Å². The van der Waals surface area contributed by atoms with Gasteiger partial charge in [-0.25, -0.2) is 8.78 Å². The van der Waals surface area contributed by atoms with Gasteiger partial charge in [0, 0.05) is 12.2 Å². The minimum atomic E-state index is -0.474. The van der Waals surface area contributed by atoms with Crippen LogP contribution in [0.1, 0.15) is 50.3 Å². The maximum atomic E-state index is 14.3. The van der Waals surface area contributed by atoms with Crippen LogP contribution in [-0.4, -0.2) is 18.8 Å². The predicted octanol–water partition coefficient (Wildman–Crippen LogP) is 3.88. The van der Waals surface area contributed by atoms with Gasteiger partial charge in [0.1, 0.15) is 11.6 Å². The molecule has 20 heavy (non-hydrogen) atoms. The van der Waals surface area contributed by atoms with E-state index >= 15 is 0 Å². The lowest BCUT2D eigenvalue weighted by Gasteiger charge is -2.35. The summed E-state index contributed by atoms with van der Waals surface area (Å²) in [6.45, 7) is 7.03. The average molecular weight is 283 g/mol. The second-order valence-corrected chi connectivity index (χ2v) is 5.77. The van der Waals surface area contributed by atoms with Crippen molar-refractivity contribution >= 4 is 0 Å². The molecule has 1 aliphatic rings. The average Bonchev–Trinajstić information content (AvgIpc) is 2.83. The highest BCUT2D eigenvalue weighted by Crippen LogP contribution is 2.38. The maximum Gasteiger partial charge on any atom is 0.128 e. The van der Waals surface area contributed by atoms with Crippen LogP contribution < -0.4 is 5.32 Å². The van der Waals surface area contributed by atoms with E-state index < -0.39 is 5.60 Å². The van der Waals surface area contributed by atoms with E-state index in [0.29, 0.717) is 17.7 Å². The Hall–Kier alpha value is -1.00. The van der Waals surface area contributed by atoms with Gasteiger partial charge in [0.15, 0.2) is 0 Å². The molecular weight excluding hydrogens is 260 g/mol. The van der Waals surface area contributed by atoms with Crippen molar-refractivity contribution in [3.8, 4) is 0 Å². The van der Waals surface area contributed by atoms with Gasteiger partial charge in [0.05, 0.1) is 11.6 Å². The zero-order chi connectivity index (χ0) is 14.8. The zero-order valence-corrected chi connectivity index (χ0v) is 12.4. The Morgan fingerprint density at radius 1 is 1.35 bits per heavy atom. The molecule has 1 aromatic rings. The fourth-order valence-electron chi connectivity index (χ4n) is 2.85. The Balaban J connectivity index is 2.38. The van der Waals surface area contributed by atoms with Crippen molar-refractivity contribution in [2.75, 3.05) is 13.2 Å². The van der Waals surface area contributed by atoms with Gasteiger partial charge in [0.25, 0.3) is 0 Å². The van der Waals surface area contributed by atoms with Crippen molar-refractivity contribution in [2.24, 2.45) is 0 Å². The topological polar surface area (TPSA) is 21.3 Å². The molecule has 1 N–H and O–H groups in total. The summed E-state index contributed by atoms with van der Waals surface area (Å²) >= 11 is 0. The molecule has 1 aliphatic heterocycles. The molecule has 2 unspecified atom stereocenters. The van der Waals surface area contributed by atoms with E-state index in [0.717, 1.165) is 25.8 Å². The third kappa shape index (κ3) is 3.01. The van der Waals surface area contributed by atoms with Crippen molar-refractivity contribution in [3.05, 3.63) is 34.9 Å². The molecular formula is C16H23F2NO. The van der Waals surface area contributed by atoms with E-state index in [1.807, 2.05) is 13.8 Å². The van der Waals surface area contributed by atoms with Gasteiger partial charge >= 0.3 is 0 Å². The third-order valence-electron chi connectivity index (χ3n) is 4.05. The van der Waals surface area contributed by atoms with Gasteiger partial charge in [0.2, 0.25) is 0 Å². The number of rotatable bonds is 5. The first-order valence-electron chi connectivity index (χ1n) is 7.31. The number of hydrogen-bond donors (Lipinski definition) is 1. The lowest BCUT2D eigenvalue weighted by Crippen LogP contribution is -2.42. The minimum absolute atomic E-state index is 0.319. The van der Waals surface area contributed by atoms with Crippen LogP contribution in [-0.2, 0) is 4.74 Å². The van der Waals surface area contributed by atoms with Gasteiger partial charge in [-0.1, -0.05) is 6.92 Å². The highest BCUT2D eigenvalue weighted by molar-refractivity contribution is 5.30. The van der Waals surface area contributed by atoms with Crippen LogP contribution in [0.4, 0.5) is 8.78 Å². The summed E-state index contributed by atoms with van der Waals surface area (Å²) in [7, 11) is 0. The second-order valence-electron chi connectivity index (χ2n) is 5.77. The Morgan fingerprint density at radius 2 is 2.10 bits per heavy atom. The van der Waals surface area contributed by atoms with Crippen molar-refractivity contribution in [2.45, 2.75) is 51.7 Å². The number of nitrogens with one attached hydrogen (secondary N) is 1. The van der Waals surface area contributed by atoms with Crippen LogP contribution >= 0.6 is 0 Å². The van der Waals surface area contributed by atoms with E-state index in [9.17, 15) is 8.78 Å². The second kappa shape index (κ2) is 6.19. The molecule has 1 heterocycles. The molecule has 1 fully saturated rings. The number of benzene rings is 1. The first kappa shape index (κ1) is 15.4. The Kier molecular flexibility index (Phi) is 4.76. The monoisotopic (exact) mass is 283 g/mol. The molecule has 0 spiro atoms. The molecule has 1 aromatic carbocycles. The normalized spacial score (nSPS) is 24.1. The summed E-state index contributed by atoms with van der Waals surface area (Å²) < 4.78 is 33.9. The fraction of sp³-hybridized carbons (Fsp3) is 0.625. The fourth-order valence-corrected chi connectivity index (χ4v) is 2.85. The van der Waals surface area contributed by atoms with Gasteiger partial charge < -0.3 is 10.1 Å². The molecule has 0 amide bonds. The molecule has 2 rings (SSSR count). The number of halogens is 2. The summed E-state index contributed by atoms with van der Waals surface area (Å²) in [5.74, 6) is -0.736. The van der Waals surface area contributed by atoms with Crippen LogP contribution in [0.2, 0.25) is 0 Å². The van der Waals surface area contributed by atoms with Crippen molar-refractivity contribution < 1.29 is 13.5 Å². The Labute approximate surface area is 119 Å². The SMILES string of the molecule is CCCNC(c1cc(F)c(C)cc1F)C1(C)CCCO1. The quantitative estimate of drug-likeness (QED) is 0.885. The highest BCUT2D eigenvalue weighted by Gasteiger charge is 2.40. The van der Waals surface area contributed by atoms with E-state index in [2.05, 4.69) is 5.32 Å². The van der Waals surface area contributed by atoms with E-state index in [1.165, 1.54) is 12.1 Å². The van der Waals surface area contributed by atoms with Crippen molar-refractivity contribution in [3.63, 3.8) is 0 Å². The molecule has 0 saturated carbocycles. The van der Waals surface area contributed by atoms with E-state index in [1.54, 1.807) is 6.92 Å². The Morgan fingerprint density at radius 3 is 2.70 bits per heavy atom. The van der Waals surface area contributed by atoms with Crippen LogP contribution in [0.5, 0.6) is 0 Å². The van der Waals surface area contributed by atoms with Crippen molar-refractivity contribution in [1.29, 1.82) is 0 Å². The van der Waals surface area contributed by atoms with Crippen LogP contribution in [0, 0.1) is 18.6 Å².